The number of ether oxygens (including phenoxy) is 1. The SMILES string of the molecule is CCc1nc(-c2cc(Br)c(O)c(OC)c2)nc(N)c1C. The molecule has 20 heavy (non-hydrogen) atoms. The smallest absolute Gasteiger partial charge is 0.172 e. The van der Waals surface area contributed by atoms with E-state index in [4.69, 9.17) is 10.5 Å². The third kappa shape index (κ3) is 2.56. The van der Waals surface area contributed by atoms with Gasteiger partial charge in [0.05, 0.1) is 11.6 Å². The fourth-order valence-electron chi connectivity index (χ4n) is 1.91. The molecule has 106 valence electrons. The highest BCUT2D eigenvalue weighted by atomic mass is 79.9. The number of benzene rings is 1. The molecule has 0 spiro atoms. The number of aromatic nitrogens is 2. The highest BCUT2D eigenvalue weighted by Crippen LogP contribution is 2.38. The van der Waals surface area contributed by atoms with Crippen LogP contribution in [0, 0.1) is 6.92 Å². The number of anilines is 1. The van der Waals surface area contributed by atoms with Crippen molar-refractivity contribution in [3.05, 3.63) is 27.9 Å². The lowest BCUT2D eigenvalue weighted by molar-refractivity contribution is 0.372. The first-order valence-electron chi connectivity index (χ1n) is 6.17. The maximum absolute atomic E-state index is 9.83. The van der Waals surface area contributed by atoms with Crippen molar-refractivity contribution in [3.8, 4) is 22.9 Å². The number of nitrogen functional groups attached to an aromatic ring is 1. The van der Waals surface area contributed by atoms with E-state index in [0.717, 1.165) is 23.2 Å². The molecule has 0 atom stereocenters. The topological polar surface area (TPSA) is 81.3 Å². The number of aryl methyl sites for hydroxylation is 1. The molecule has 5 nitrogen and oxygen atoms in total. The van der Waals surface area contributed by atoms with Crippen molar-refractivity contribution >= 4 is 21.7 Å². The second-order valence-corrected chi connectivity index (χ2v) is 5.22. The summed E-state index contributed by atoms with van der Waals surface area (Å²) < 4.78 is 5.65. The first-order valence-corrected chi connectivity index (χ1v) is 6.97. The van der Waals surface area contributed by atoms with Crippen molar-refractivity contribution in [3.63, 3.8) is 0 Å². The number of nitrogens with two attached hydrogens (primary N) is 1. The Balaban J connectivity index is 2.62. The second-order valence-electron chi connectivity index (χ2n) is 4.37. The van der Waals surface area contributed by atoms with Gasteiger partial charge in [-0.25, -0.2) is 9.97 Å². The Hall–Kier alpha value is -1.82. The Morgan fingerprint density at radius 3 is 2.65 bits per heavy atom. The van der Waals surface area contributed by atoms with E-state index >= 15 is 0 Å². The van der Waals surface area contributed by atoms with Gasteiger partial charge >= 0.3 is 0 Å². The minimum atomic E-state index is 0.0482. The van der Waals surface area contributed by atoms with Crippen LogP contribution < -0.4 is 10.5 Å². The van der Waals surface area contributed by atoms with Crippen molar-refractivity contribution in [2.45, 2.75) is 20.3 Å². The van der Waals surface area contributed by atoms with Crippen molar-refractivity contribution in [2.24, 2.45) is 0 Å². The molecule has 0 bridgehead atoms. The number of phenols is 1. The van der Waals surface area contributed by atoms with Crippen LogP contribution in [0.5, 0.6) is 11.5 Å². The lowest BCUT2D eigenvalue weighted by Gasteiger charge is -2.11. The van der Waals surface area contributed by atoms with Gasteiger partial charge in [-0.2, -0.15) is 0 Å². The molecule has 1 aromatic carbocycles. The van der Waals surface area contributed by atoms with E-state index in [2.05, 4.69) is 25.9 Å². The van der Waals surface area contributed by atoms with Crippen LogP contribution >= 0.6 is 15.9 Å². The van der Waals surface area contributed by atoms with E-state index in [1.54, 1.807) is 12.1 Å². The number of hydrogen-bond acceptors (Lipinski definition) is 5. The van der Waals surface area contributed by atoms with Crippen molar-refractivity contribution in [2.75, 3.05) is 12.8 Å². The van der Waals surface area contributed by atoms with Gasteiger partial charge in [0.1, 0.15) is 5.82 Å². The van der Waals surface area contributed by atoms with Crippen molar-refractivity contribution in [1.29, 1.82) is 0 Å². The van der Waals surface area contributed by atoms with Gasteiger partial charge in [0.25, 0.3) is 0 Å². The molecule has 0 aliphatic heterocycles. The number of hydrogen-bond donors (Lipinski definition) is 2. The minimum Gasteiger partial charge on any atom is -0.503 e. The van der Waals surface area contributed by atoms with E-state index in [-0.39, 0.29) is 5.75 Å². The number of halogens is 1. The molecule has 0 radical (unpaired) electrons. The summed E-state index contributed by atoms with van der Waals surface area (Å²) in [7, 11) is 1.49. The van der Waals surface area contributed by atoms with Crippen LogP contribution in [-0.4, -0.2) is 22.2 Å². The predicted molar refractivity (Wildman–Crippen MR) is 81.9 cm³/mol. The zero-order chi connectivity index (χ0) is 14.9. The van der Waals surface area contributed by atoms with Crippen LogP contribution in [0.2, 0.25) is 0 Å². The van der Waals surface area contributed by atoms with E-state index < -0.39 is 0 Å². The molecule has 6 heteroatoms. The van der Waals surface area contributed by atoms with Crippen LogP contribution in [0.4, 0.5) is 5.82 Å². The highest BCUT2D eigenvalue weighted by molar-refractivity contribution is 9.10. The van der Waals surface area contributed by atoms with E-state index in [1.807, 2.05) is 13.8 Å². The minimum absolute atomic E-state index is 0.0482. The second kappa shape index (κ2) is 5.66. The van der Waals surface area contributed by atoms with Crippen molar-refractivity contribution in [1.82, 2.24) is 9.97 Å². The number of nitrogens with zero attached hydrogens (tertiary/aromatic N) is 2. The van der Waals surface area contributed by atoms with E-state index in [0.29, 0.717) is 21.9 Å². The fourth-order valence-corrected chi connectivity index (χ4v) is 2.36. The molecule has 0 saturated carbocycles. The first kappa shape index (κ1) is 14.6. The predicted octanol–water partition coefficient (Wildman–Crippen LogP) is 3.07. The maximum Gasteiger partial charge on any atom is 0.172 e. The molecule has 3 N–H and O–H groups in total. The van der Waals surface area contributed by atoms with Gasteiger partial charge in [-0.1, -0.05) is 6.92 Å². The zero-order valence-electron chi connectivity index (χ0n) is 11.6. The maximum atomic E-state index is 9.83. The molecular formula is C14H16BrN3O2. The third-order valence-corrected chi connectivity index (χ3v) is 3.73. The number of rotatable bonds is 3. The van der Waals surface area contributed by atoms with Gasteiger partial charge in [0.2, 0.25) is 0 Å². The molecule has 0 saturated heterocycles. The monoisotopic (exact) mass is 337 g/mol. The summed E-state index contributed by atoms with van der Waals surface area (Å²) >= 11 is 3.29. The molecule has 0 amide bonds. The Kier molecular flexibility index (Phi) is 4.13. The molecule has 1 heterocycles. The summed E-state index contributed by atoms with van der Waals surface area (Å²) in [5.74, 6) is 1.39. The Bertz CT molecular complexity index is 602. The lowest BCUT2D eigenvalue weighted by atomic mass is 10.1. The summed E-state index contributed by atoms with van der Waals surface area (Å²) in [5, 5.41) is 9.83. The molecule has 2 rings (SSSR count). The summed E-state index contributed by atoms with van der Waals surface area (Å²) in [6.45, 7) is 3.93. The normalized spacial score (nSPS) is 10.6. The lowest BCUT2D eigenvalue weighted by Crippen LogP contribution is -2.04. The summed E-state index contributed by atoms with van der Waals surface area (Å²) in [5.41, 5.74) is 8.48. The van der Waals surface area contributed by atoms with Crippen LogP contribution in [0.15, 0.2) is 16.6 Å². The Labute approximate surface area is 126 Å². The van der Waals surface area contributed by atoms with Crippen LogP contribution in [0.1, 0.15) is 18.2 Å². The van der Waals surface area contributed by atoms with Gasteiger partial charge in [-0.05, 0) is 41.4 Å². The average molecular weight is 338 g/mol. The average Bonchev–Trinajstić information content (AvgIpc) is 2.44. The fraction of sp³-hybridized carbons (Fsp3) is 0.286. The summed E-state index contributed by atoms with van der Waals surface area (Å²) in [6.07, 6.45) is 0.780. The quantitative estimate of drug-likeness (QED) is 0.899. The Morgan fingerprint density at radius 2 is 2.05 bits per heavy atom. The van der Waals surface area contributed by atoms with Gasteiger partial charge < -0.3 is 15.6 Å². The van der Waals surface area contributed by atoms with Crippen LogP contribution in [-0.2, 0) is 6.42 Å². The third-order valence-electron chi connectivity index (χ3n) is 3.13. The molecule has 2 aromatic rings. The highest BCUT2D eigenvalue weighted by Gasteiger charge is 2.14. The molecule has 0 unspecified atom stereocenters. The zero-order valence-corrected chi connectivity index (χ0v) is 13.2. The number of phenolic OH excluding ortho intramolecular Hbond substituents is 1. The summed E-state index contributed by atoms with van der Waals surface area (Å²) in [6, 6.07) is 3.42. The molecular weight excluding hydrogens is 322 g/mol. The van der Waals surface area contributed by atoms with Gasteiger partial charge in [0.15, 0.2) is 17.3 Å². The standard InChI is InChI=1S/C14H16BrN3O2/c1-4-10-7(2)13(16)18-14(17-10)8-5-9(15)12(19)11(6-8)20-3/h5-6,19H,4H2,1-3H3,(H2,16,17,18). The largest absolute Gasteiger partial charge is 0.503 e. The molecule has 0 aliphatic rings. The van der Waals surface area contributed by atoms with E-state index in [9.17, 15) is 5.11 Å². The number of aromatic hydroxyl groups is 1. The van der Waals surface area contributed by atoms with E-state index in [1.165, 1.54) is 7.11 Å². The number of methoxy groups -OCH3 is 1. The van der Waals surface area contributed by atoms with Crippen LogP contribution in [0.25, 0.3) is 11.4 Å². The molecule has 1 aromatic heterocycles. The van der Waals surface area contributed by atoms with Gasteiger partial charge in [0, 0.05) is 16.8 Å². The van der Waals surface area contributed by atoms with Gasteiger partial charge in [-0.15, -0.1) is 0 Å². The summed E-state index contributed by atoms with van der Waals surface area (Å²) in [4.78, 5) is 8.83. The first-order chi connectivity index (χ1) is 9.47. The Morgan fingerprint density at radius 1 is 1.35 bits per heavy atom. The molecule has 0 aliphatic carbocycles. The molecule has 0 fully saturated rings. The van der Waals surface area contributed by atoms with Gasteiger partial charge in [-0.3, -0.25) is 0 Å². The van der Waals surface area contributed by atoms with Crippen LogP contribution in [0.3, 0.4) is 0 Å². The van der Waals surface area contributed by atoms with Crippen molar-refractivity contribution < 1.29 is 9.84 Å².